The van der Waals surface area contributed by atoms with Gasteiger partial charge in [-0.25, -0.2) is 0 Å². The van der Waals surface area contributed by atoms with Crippen LogP contribution >= 0.6 is 23.2 Å². The molecular formula is C23H19Cl2N3O5. The van der Waals surface area contributed by atoms with Gasteiger partial charge >= 0.3 is 0 Å². The standard InChI is InChI=1S/C23H19Cl2N3O5/c1-32-19-8-6-14(24)11-17(19)22(30)26-16-5-3-4-13(10-16)21(29)27-28-23(31)18-12-15(25)7-9-20(18)33-2/h3-12H,1-2H3,(H,26,30)(H,27,29)(H,28,31). The number of carbonyl (C=O) groups excluding carboxylic acids is 3. The van der Waals surface area contributed by atoms with E-state index in [1.165, 1.54) is 38.5 Å². The first-order chi connectivity index (χ1) is 15.8. The van der Waals surface area contributed by atoms with Crippen LogP contribution in [-0.2, 0) is 0 Å². The molecule has 3 aromatic rings. The van der Waals surface area contributed by atoms with Crippen molar-refractivity contribution < 1.29 is 23.9 Å². The topological polar surface area (TPSA) is 106 Å². The maximum absolute atomic E-state index is 12.7. The molecule has 0 spiro atoms. The second kappa shape index (κ2) is 10.7. The smallest absolute Gasteiger partial charge is 0.273 e. The molecule has 0 aromatic heterocycles. The van der Waals surface area contributed by atoms with Gasteiger partial charge < -0.3 is 14.8 Å². The lowest BCUT2D eigenvalue weighted by Crippen LogP contribution is -2.41. The summed E-state index contributed by atoms with van der Waals surface area (Å²) in [4.78, 5) is 37.6. The Morgan fingerprint density at radius 3 is 1.82 bits per heavy atom. The second-order valence-corrected chi connectivity index (χ2v) is 7.51. The molecule has 8 nitrogen and oxygen atoms in total. The fraction of sp³-hybridized carbons (Fsp3) is 0.0870. The molecule has 0 aliphatic heterocycles. The molecule has 0 saturated heterocycles. The van der Waals surface area contributed by atoms with Crippen LogP contribution in [0.25, 0.3) is 0 Å². The van der Waals surface area contributed by atoms with Crippen molar-refractivity contribution in [3.05, 3.63) is 87.4 Å². The van der Waals surface area contributed by atoms with Crippen LogP contribution in [0, 0.1) is 0 Å². The van der Waals surface area contributed by atoms with Crippen LogP contribution in [0.1, 0.15) is 31.1 Å². The highest BCUT2D eigenvalue weighted by atomic mass is 35.5. The minimum absolute atomic E-state index is 0.154. The first-order valence-electron chi connectivity index (χ1n) is 9.51. The van der Waals surface area contributed by atoms with Gasteiger partial charge in [0.1, 0.15) is 11.5 Å². The first kappa shape index (κ1) is 23.9. The molecule has 33 heavy (non-hydrogen) atoms. The third kappa shape index (κ3) is 5.94. The highest BCUT2D eigenvalue weighted by molar-refractivity contribution is 6.31. The Hall–Kier alpha value is -3.75. The van der Waals surface area contributed by atoms with E-state index in [2.05, 4.69) is 16.2 Å². The predicted molar refractivity (Wildman–Crippen MR) is 125 cm³/mol. The van der Waals surface area contributed by atoms with Crippen LogP contribution in [0.2, 0.25) is 10.0 Å². The number of nitrogens with one attached hydrogen (secondary N) is 3. The molecule has 3 N–H and O–H groups in total. The molecule has 0 aliphatic rings. The summed E-state index contributed by atoms with van der Waals surface area (Å²) in [6, 6.07) is 15.4. The maximum Gasteiger partial charge on any atom is 0.273 e. The minimum atomic E-state index is -0.611. The number of halogens is 2. The van der Waals surface area contributed by atoms with Gasteiger partial charge in [0.2, 0.25) is 0 Å². The predicted octanol–water partition coefficient (Wildman–Crippen LogP) is 4.34. The van der Waals surface area contributed by atoms with Gasteiger partial charge in [-0.2, -0.15) is 0 Å². The van der Waals surface area contributed by atoms with Crippen LogP contribution in [0.5, 0.6) is 11.5 Å². The largest absolute Gasteiger partial charge is 0.496 e. The van der Waals surface area contributed by atoms with Crippen LogP contribution in [0.15, 0.2) is 60.7 Å². The van der Waals surface area contributed by atoms with Crippen molar-refractivity contribution in [2.24, 2.45) is 0 Å². The Kier molecular flexibility index (Phi) is 7.76. The number of amides is 3. The second-order valence-electron chi connectivity index (χ2n) is 6.63. The lowest BCUT2D eigenvalue weighted by Gasteiger charge is -2.12. The number of rotatable bonds is 6. The molecule has 0 aliphatic carbocycles. The molecule has 0 radical (unpaired) electrons. The number of ether oxygens (including phenoxy) is 2. The minimum Gasteiger partial charge on any atom is -0.496 e. The van der Waals surface area contributed by atoms with Crippen molar-refractivity contribution in [1.29, 1.82) is 0 Å². The van der Waals surface area contributed by atoms with E-state index < -0.39 is 17.7 Å². The summed E-state index contributed by atoms with van der Waals surface area (Å²) < 4.78 is 10.3. The summed E-state index contributed by atoms with van der Waals surface area (Å²) in [6.07, 6.45) is 0. The highest BCUT2D eigenvalue weighted by Crippen LogP contribution is 2.24. The first-order valence-corrected chi connectivity index (χ1v) is 10.3. The number of methoxy groups -OCH3 is 2. The van der Waals surface area contributed by atoms with E-state index in [4.69, 9.17) is 32.7 Å². The van der Waals surface area contributed by atoms with Gasteiger partial charge in [-0.1, -0.05) is 29.3 Å². The van der Waals surface area contributed by atoms with Gasteiger partial charge in [0, 0.05) is 21.3 Å². The van der Waals surface area contributed by atoms with E-state index in [1.54, 1.807) is 36.4 Å². The zero-order valence-corrected chi connectivity index (χ0v) is 19.1. The number of carbonyl (C=O) groups is 3. The molecule has 0 unspecified atom stereocenters. The van der Waals surface area contributed by atoms with Crippen LogP contribution in [-0.4, -0.2) is 31.9 Å². The van der Waals surface area contributed by atoms with Crippen LogP contribution in [0.3, 0.4) is 0 Å². The molecular weight excluding hydrogens is 469 g/mol. The van der Waals surface area contributed by atoms with Crippen molar-refractivity contribution in [3.63, 3.8) is 0 Å². The highest BCUT2D eigenvalue weighted by Gasteiger charge is 2.16. The van der Waals surface area contributed by atoms with E-state index in [0.717, 1.165) is 0 Å². The Morgan fingerprint density at radius 2 is 1.24 bits per heavy atom. The Morgan fingerprint density at radius 1 is 0.697 bits per heavy atom. The van der Waals surface area contributed by atoms with E-state index in [0.29, 0.717) is 27.2 Å². The number of hydrogen-bond acceptors (Lipinski definition) is 5. The summed E-state index contributed by atoms with van der Waals surface area (Å²) in [5, 5.41) is 3.41. The summed E-state index contributed by atoms with van der Waals surface area (Å²) >= 11 is 11.9. The Labute approximate surface area is 199 Å². The van der Waals surface area contributed by atoms with Gasteiger partial charge in [0.15, 0.2) is 0 Å². The van der Waals surface area contributed by atoms with Gasteiger partial charge in [-0.3, -0.25) is 25.2 Å². The van der Waals surface area contributed by atoms with Gasteiger partial charge in [0.25, 0.3) is 17.7 Å². The zero-order chi connectivity index (χ0) is 24.0. The summed E-state index contributed by atoms with van der Waals surface area (Å²) in [7, 11) is 2.86. The molecule has 3 amide bonds. The lowest BCUT2D eigenvalue weighted by atomic mass is 10.1. The third-order valence-corrected chi connectivity index (χ3v) is 4.95. The molecule has 10 heteroatoms. The number of anilines is 1. The molecule has 3 aromatic carbocycles. The van der Waals surface area contributed by atoms with Gasteiger partial charge in [0.05, 0.1) is 25.3 Å². The molecule has 170 valence electrons. The average Bonchev–Trinajstić information content (AvgIpc) is 2.82. The molecule has 3 rings (SSSR count). The van der Waals surface area contributed by atoms with Crippen molar-refractivity contribution in [3.8, 4) is 11.5 Å². The third-order valence-electron chi connectivity index (χ3n) is 4.48. The van der Waals surface area contributed by atoms with Gasteiger partial charge in [-0.05, 0) is 54.6 Å². The zero-order valence-electron chi connectivity index (χ0n) is 17.6. The maximum atomic E-state index is 12.7. The average molecular weight is 488 g/mol. The van der Waals surface area contributed by atoms with Crippen molar-refractivity contribution >= 4 is 46.6 Å². The monoisotopic (exact) mass is 487 g/mol. The van der Waals surface area contributed by atoms with E-state index in [9.17, 15) is 14.4 Å². The number of hydrazine groups is 1. The van der Waals surface area contributed by atoms with E-state index in [1.807, 2.05) is 0 Å². The normalized spacial score (nSPS) is 10.2. The van der Waals surface area contributed by atoms with Crippen molar-refractivity contribution in [2.45, 2.75) is 0 Å². The Bertz CT molecular complexity index is 1220. The number of benzene rings is 3. The summed E-state index contributed by atoms with van der Waals surface area (Å²) in [5.74, 6) is -1.02. The fourth-order valence-electron chi connectivity index (χ4n) is 2.90. The van der Waals surface area contributed by atoms with Crippen LogP contribution in [0.4, 0.5) is 5.69 Å². The summed E-state index contributed by atoms with van der Waals surface area (Å²) in [5.41, 5.74) is 5.58. The number of hydrogen-bond donors (Lipinski definition) is 3. The molecule has 0 heterocycles. The lowest BCUT2D eigenvalue weighted by molar-refractivity contribution is 0.0845. The molecule has 0 saturated carbocycles. The van der Waals surface area contributed by atoms with E-state index in [-0.39, 0.29) is 16.7 Å². The van der Waals surface area contributed by atoms with Crippen molar-refractivity contribution in [1.82, 2.24) is 10.9 Å². The van der Waals surface area contributed by atoms with Gasteiger partial charge in [-0.15, -0.1) is 0 Å². The SMILES string of the molecule is COc1ccc(Cl)cc1C(=O)NNC(=O)c1cccc(NC(=O)c2cc(Cl)ccc2OC)c1. The molecule has 0 fully saturated rings. The quantitative estimate of drug-likeness (QED) is 0.448. The molecule has 0 atom stereocenters. The molecule has 0 bridgehead atoms. The van der Waals surface area contributed by atoms with Crippen LogP contribution < -0.4 is 25.6 Å². The van der Waals surface area contributed by atoms with E-state index >= 15 is 0 Å². The van der Waals surface area contributed by atoms with Crippen molar-refractivity contribution in [2.75, 3.05) is 19.5 Å². The fourth-order valence-corrected chi connectivity index (χ4v) is 3.25. The summed E-state index contributed by atoms with van der Waals surface area (Å²) in [6.45, 7) is 0. The Balaban J connectivity index is 1.69.